The van der Waals surface area contributed by atoms with E-state index < -0.39 is 58.6 Å². The Hall–Kier alpha value is -14.1. The molecule has 6 atom stereocenters. The molecule has 9 aliphatic heterocycles. The average Bonchev–Trinajstić information content (AvgIpc) is 0.766. The summed E-state index contributed by atoms with van der Waals surface area (Å²) in [5, 5.41) is 15.5. The van der Waals surface area contributed by atoms with Crippen molar-refractivity contribution >= 4 is 138 Å². The molecule has 34 nitrogen and oxygen atoms in total. The predicted molar refractivity (Wildman–Crippen MR) is 493 cm³/mol. The number of hydrogen-bond acceptors (Lipinski definition) is 22. The summed E-state index contributed by atoms with van der Waals surface area (Å²) in [4.78, 5) is 165. The van der Waals surface area contributed by atoms with Crippen LogP contribution in [-0.2, 0) is 41.6 Å². The molecule has 9 aromatic rings. The third-order valence-electron chi connectivity index (χ3n) is 26.1. The third-order valence-corrected chi connectivity index (χ3v) is 27.0. The number of anilines is 6. The number of carbonyl (C=O) groups excluding carboxylic acids is 6. The fraction of sp³-hybridized carbons (Fsp3) is 0.391. The van der Waals surface area contributed by atoms with E-state index in [1.165, 1.54) is 53.5 Å². The van der Waals surface area contributed by atoms with Gasteiger partial charge >= 0.3 is 11.4 Å². The van der Waals surface area contributed by atoms with Crippen molar-refractivity contribution < 1.29 is 46.7 Å². The largest absolute Gasteiger partial charge is 0.488 e. The first kappa shape index (κ1) is 91.2. The molecular weight excluding hydrogens is 1760 g/mol. The average molecular weight is 1860 g/mol. The van der Waals surface area contributed by atoms with Crippen LogP contribution in [0.3, 0.4) is 0 Å². The van der Waals surface area contributed by atoms with Crippen LogP contribution in [0.5, 0.6) is 5.75 Å². The van der Waals surface area contributed by atoms with E-state index in [1.54, 1.807) is 68.7 Å². The number of pyridine rings is 4. The van der Waals surface area contributed by atoms with Crippen LogP contribution < -0.4 is 53.2 Å². The van der Waals surface area contributed by atoms with Crippen LogP contribution in [0.4, 0.5) is 47.9 Å². The lowest BCUT2D eigenvalue weighted by molar-refractivity contribution is -0.129. The molecule has 0 aliphatic carbocycles. The topological polar surface area (TPSA) is 372 Å². The van der Waals surface area contributed by atoms with Gasteiger partial charge in [-0.05, 0) is 111 Å². The van der Waals surface area contributed by atoms with Gasteiger partial charge in [0.15, 0.2) is 5.75 Å². The first-order valence-corrected chi connectivity index (χ1v) is 44.4. The number of piperazine rings is 3. The second kappa shape index (κ2) is 38.1. The number of nitrogen functional groups attached to an aromatic ring is 2. The smallest absolute Gasteiger partial charge is 0.350 e. The van der Waals surface area contributed by atoms with Gasteiger partial charge in [-0.3, -0.25) is 47.3 Å². The number of nitrogens with zero attached hydrogens (tertiary/aromatic N) is 21. The Balaban J connectivity index is 0.000000144. The van der Waals surface area contributed by atoms with Gasteiger partial charge < -0.3 is 80.2 Å². The number of aryl methyl sites for hydroxylation is 2. The summed E-state index contributed by atoms with van der Waals surface area (Å²) in [7, 11) is 1.66. The Labute approximate surface area is 769 Å². The Morgan fingerprint density at radius 1 is 0.523 bits per heavy atom. The number of nitriles is 1. The number of benzene rings is 3. The van der Waals surface area contributed by atoms with Crippen molar-refractivity contribution in [3.8, 4) is 45.2 Å². The number of ether oxygens (including phenoxy) is 1. The molecule has 3 aromatic carbocycles. The summed E-state index contributed by atoms with van der Waals surface area (Å²) in [6.07, 6.45) is 13.2. The normalized spacial score (nSPS) is 19.7. The molecule has 5 N–H and O–H groups in total. The van der Waals surface area contributed by atoms with Crippen molar-refractivity contribution in [3.63, 3.8) is 0 Å². The maximum absolute atomic E-state index is 15.5. The van der Waals surface area contributed by atoms with E-state index >= 15 is 13.2 Å². The molecule has 0 bridgehead atoms. The minimum absolute atomic E-state index is 0.00225. The molecule has 6 aromatic heterocycles. The van der Waals surface area contributed by atoms with Gasteiger partial charge in [0.1, 0.15) is 82.9 Å². The molecule has 6 fully saturated rings. The molecule has 15 heterocycles. The predicted octanol–water partition coefficient (Wildman–Crippen LogP) is 9.58. The number of nitrogens with one attached hydrogen (secondary N) is 1. The zero-order valence-electron chi connectivity index (χ0n) is 71.9. The van der Waals surface area contributed by atoms with Crippen molar-refractivity contribution in [2.75, 3.05) is 163 Å². The van der Waals surface area contributed by atoms with Crippen LogP contribution in [-0.4, -0.2) is 253 Å². The molecule has 9 aliphatic rings. The summed E-state index contributed by atoms with van der Waals surface area (Å²) in [5.41, 5.74) is 14.7. The number of aromatic nitrogens is 8. The van der Waals surface area contributed by atoms with E-state index in [9.17, 15) is 48.4 Å². The first-order valence-electron chi connectivity index (χ1n) is 43.2. The van der Waals surface area contributed by atoms with Gasteiger partial charge in [-0.15, -0.1) is 0 Å². The van der Waals surface area contributed by atoms with Crippen molar-refractivity contribution in [1.29, 1.82) is 5.26 Å². The second-order valence-corrected chi connectivity index (χ2v) is 34.7. The monoisotopic (exact) mass is 1850 g/mol. The van der Waals surface area contributed by atoms with Gasteiger partial charge in [-0.2, -0.15) is 15.2 Å². The van der Waals surface area contributed by atoms with Gasteiger partial charge in [-0.1, -0.05) is 54.5 Å². The summed E-state index contributed by atoms with van der Waals surface area (Å²) in [6, 6.07) is 7.94. The van der Waals surface area contributed by atoms with E-state index in [4.69, 9.17) is 70.7 Å². The lowest BCUT2D eigenvalue weighted by Gasteiger charge is -2.41. The lowest BCUT2D eigenvalue weighted by atomic mass is 9.89. The van der Waals surface area contributed by atoms with E-state index in [0.717, 1.165) is 18.9 Å². The molecular formula is C92H90Cl3F3N24O10. The highest BCUT2D eigenvalue weighted by Gasteiger charge is 2.44. The van der Waals surface area contributed by atoms with Gasteiger partial charge in [0.2, 0.25) is 55.1 Å². The zero-order valence-corrected chi connectivity index (χ0v) is 74.2. The maximum Gasteiger partial charge on any atom is 0.350 e. The molecule has 132 heavy (non-hydrogen) atoms. The Bertz CT molecular complexity index is 6680. The van der Waals surface area contributed by atoms with E-state index in [1.807, 2.05) is 9.80 Å². The molecule has 0 saturated carbocycles. The van der Waals surface area contributed by atoms with Gasteiger partial charge in [0.25, 0.3) is 5.56 Å². The Morgan fingerprint density at radius 2 is 0.917 bits per heavy atom. The SMILES string of the molecule is [C-]#[N+]C[C@H]1CN(c2c(C#N)c(=O)n3c4c(c(-c5c(F)ccnc5N)c(Cl)cc24)OCC3CN2CCCC2=O)CCN1C(=O)C=C.[C-]#[N+]C[C@H]1CN(c2nc(=O)n3c4c(c(-c5c(F)ccnc5N)c(Cl)cc24)CCC3CN2CCCC2=O)CCN1C(=O)C=C.[C-]#[N+]C[C@H]1CN(c2nc(=O)n3c4c(c(-c5c(F)ccnc5NC)c(Cl)cc24)CCC3CN2CCCC2=O)CCN1C(=O)C=C. The molecule has 6 saturated heterocycles. The highest BCUT2D eigenvalue weighted by molar-refractivity contribution is 6.36. The number of rotatable bonds is 19. The van der Waals surface area contributed by atoms with Crippen LogP contribution in [0.2, 0.25) is 15.1 Å². The highest BCUT2D eigenvalue weighted by atomic mass is 35.5. The summed E-state index contributed by atoms with van der Waals surface area (Å²) < 4.78 is 57.0. The maximum atomic E-state index is 15.5. The summed E-state index contributed by atoms with van der Waals surface area (Å²) >= 11 is 20.8. The minimum atomic E-state index is -0.693. The van der Waals surface area contributed by atoms with Crippen molar-refractivity contribution in [1.82, 2.24) is 68.0 Å². The fourth-order valence-corrected chi connectivity index (χ4v) is 21.1. The molecule has 0 radical (unpaired) electrons. The fourth-order valence-electron chi connectivity index (χ4n) is 20.2. The number of hydrogen-bond donors (Lipinski definition) is 3. The third kappa shape index (κ3) is 16.7. The number of nitrogens with two attached hydrogens (primary N) is 2. The van der Waals surface area contributed by atoms with Crippen LogP contribution in [0, 0.1) is 48.5 Å². The van der Waals surface area contributed by atoms with Crippen molar-refractivity contribution in [3.05, 3.63) is 208 Å². The molecule has 6 amide bonds. The Morgan fingerprint density at radius 3 is 1.33 bits per heavy atom. The molecule has 18 rings (SSSR count). The number of likely N-dealkylation sites (tertiary alicyclic amines) is 3. The highest BCUT2D eigenvalue weighted by Crippen LogP contribution is 2.52. The first-order chi connectivity index (χ1) is 63.7. The second-order valence-electron chi connectivity index (χ2n) is 33.4. The van der Waals surface area contributed by atoms with Gasteiger partial charge in [0.05, 0.1) is 67.6 Å². The van der Waals surface area contributed by atoms with Crippen LogP contribution in [0.25, 0.3) is 80.6 Å². The minimum Gasteiger partial charge on any atom is -0.488 e. The summed E-state index contributed by atoms with van der Waals surface area (Å²) in [5.74, 6) is -1.49. The van der Waals surface area contributed by atoms with Crippen molar-refractivity contribution in [2.45, 2.75) is 100 Å². The lowest BCUT2D eigenvalue weighted by Crippen LogP contribution is -2.56. The number of halogens is 6. The molecule has 680 valence electrons. The Kier molecular flexibility index (Phi) is 26.3. The van der Waals surface area contributed by atoms with E-state index in [2.05, 4.69) is 70.6 Å². The van der Waals surface area contributed by atoms with E-state index in [0.29, 0.717) is 177 Å². The van der Waals surface area contributed by atoms with Crippen LogP contribution in [0.15, 0.2) is 107 Å². The number of amides is 6. The zero-order chi connectivity index (χ0) is 93.5. The molecule has 0 spiro atoms. The van der Waals surface area contributed by atoms with Crippen LogP contribution >= 0.6 is 34.8 Å². The van der Waals surface area contributed by atoms with Gasteiger partial charge in [-0.25, -0.2) is 57.4 Å². The van der Waals surface area contributed by atoms with E-state index in [-0.39, 0.29) is 185 Å². The number of carbonyl (C=O) groups is 6. The molecule has 40 heteroatoms. The summed E-state index contributed by atoms with van der Waals surface area (Å²) in [6.45, 7) is 38.4. The van der Waals surface area contributed by atoms with Gasteiger partial charge in [0, 0.05) is 180 Å². The van der Waals surface area contributed by atoms with Crippen molar-refractivity contribution in [2.24, 2.45) is 0 Å². The standard InChI is InChI=1S/C31H28ClFN8O4.C31H32ClFN8O3.C30H30ClFN8O3/c1-3-23(42)40-10-9-39(14-17(40)13-36-2)27-19-11-21(32)25(26-22(33)6-7-37-30(26)35)29-28(19)41(31(44)20(27)12-34)18(16-45-29)15-38-8-4-5-24(38)43;1-4-24(42)40-13-12-39(17-19(40)15-34-2)30-21-14-22(32)26(27-23(33)9-10-36-29(27)35-3)20-8-7-18(16-38-11-5-6-25(38)43)41(28(20)21)31(44)37-30;1-3-23(41)39-12-11-38(16-18(39)14-34-2)29-20-13-21(31)25(26-22(32)8-9-35-28(26)33)19-7-6-17(15-37-10-4-5-24(37)42)40(27(19)20)30(43)36-29/h3,6-7,11,17-18H,1,4-5,8-10,13-16H2,(H2,35,37);4,9-10,14,18-19H,1,5-8,11-13,15-17H2,3H3,(H,35,36);3,8-9,13,17-18H,1,4-7,10-12,14-16H2,(H2,33,35)/t17-,18?;18?,19-;17?,18-/m000/s1. The quantitative estimate of drug-likeness (QED) is 0.0500. The van der Waals surface area contributed by atoms with Crippen LogP contribution in [0.1, 0.15) is 86.2 Å². The molecule has 3 unspecified atom stereocenters.